The lowest BCUT2D eigenvalue weighted by Gasteiger charge is -2.19. The van der Waals surface area contributed by atoms with Gasteiger partial charge in [0.05, 0.1) is 5.69 Å². The first-order valence-electron chi connectivity index (χ1n) is 6.66. The van der Waals surface area contributed by atoms with Crippen molar-refractivity contribution in [1.29, 1.82) is 0 Å². The molecule has 0 N–H and O–H groups in total. The maximum Gasteiger partial charge on any atom is 0.126 e. The second-order valence-corrected chi connectivity index (χ2v) is 5.59. The predicted octanol–water partition coefficient (Wildman–Crippen LogP) is 4.50. The SMILES string of the molecule is C/C=C/C1SC(c2ccccc2)=NN1c1ccccc1. The highest BCUT2D eigenvalue weighted by molar-refractivity contribution is 8.15. The zero-order valence-corrected chi connectivity index (χ0v) is 12.1. The summed E-state index contributed by atoms with van der Waals surface area (Å²) in [6.07, 6.45) is 4.26. The van der Waals surface area contributed by atoms with Gasteiger partial charge in [0.2, 0.25) is 0 Å². The Balaban J connectivity index is 1.95. The van der Waals surface area contributed by atoms with Crippen LogP contribution in [0.2, 0.25) is 0 Å². The van der Waals surface area contributed by atoms with E-state index < -0.39 is 0 Å². The van der Waals surface area contributed by atoms with Crippen molar-refractivity contribution >= 4 is 22.5 Å². The predicted molar refractivity (Wildman–Crippen MR) is 88.1 cm³/mol. The van der Waals surface area contributed by atoms with Crippen molar-refractivity contribution in [3.63, 3.8) is 0 Å². The minimum Gasteiger partial charge on any atom is -0.247 e. The highest BCUT2D eigenvalue weighted by Gasteiger charge is 2.26. The fourth-order valence-electron chi connectivity index (χ4n) is 2.12. The Kier molecular flexibility index (Phi) is 3.88. The summed E-state index contributed by atoms with van der Waals surface area (Å²) in [5.74, 6) is 0. The van der Waals surface area contributed by atoms with E-state index in [1.165, 1.54) is 5.56 Å². The molecule has 0 saturated heterocycles. The van der Waals surface area contributed by atoms with Crippen molar-refractivity contribution in [1.82, 2.24) is 0 Å². The summed E-state index contributed by atoms with van der Waals surface area (Å²) in [4.78, 5) is 0. The van der Waals surface area contributed by atoms with Crippen molar-refractivity contribution in [2.24, 2.45) is 5.10 Å². The normalized spacial score (nSPS) is 18.6. The second-order valence-electron chi connectivity index (χ2n) is 4.49. The third-order valence-corrected chi connectivity index (χ3v) is 4.21. The number of rotatable bonds is 3. The van der Waals surface area contributed by atoms with Crippen LogP contribution in [0, 0.1) is 0 Å². The molecule has 0 spiro atoms. The number of hydrazone groups is 1. The summed E-state index contributed by atoms with van der Waals surface area (Å²) in [6.45, 7) is 2.05. The summed E-state index contributed by atoms with van der Waals surface area (Å²) in [5.41, 5.74) is 2.29. The summed E-state index contributed by atoms with van der Waals surface area (Å²) in [5, 5.41) is 8.15. The van der Waals surface area contributed by atoms with Crippen molar-refractivity contribution in [2.75, 3.05) is 5.01 Å². The van der Waals surface area contributed by atoms with E-state index in [0.29, 0.717) is 0 Å². The fourth-order valence-corrected chi connectivity index (χ4v) is 3.26. The molecule has 100 valence electrons. The van der Waals surface area contributed by atoms with Gasteiger partial charge in [-0.2, -0.15) is 5.10 Å². The largest absolute Gasteiger partial charge is 0.247 e. The van der Waals surface area contributed by atoms with E-state index >= 15 is 0 Å². The van der Waals surface area contributed by atoms with Gasteiger partial charge < -0.3 is 0 Å². The monoisotopic (exact) mass is 280 g/mol. The molecule has 20 heavy (non-hydrogen) atoms. The number of para-hydroxylation sites is 1. The molecule has 1 aliphatic heterocycles. The lowest BCUT2D eigenvalue weighted by atomic mass is 10.2. The topological polar surface area (TPSA) is 15.6 Å². The highest BCUT2D eigenvalue weighted by atomic mass is 32.2. The number of thioether (sulfide) groups is 1. The molecule has 0 bridgehead atoms. The number of hydrogen-bond acceptors (Lipinski definition) is 3. The molecule has 1 atom stereocenters. The van der Waals surface area contributed by atoms with Gasteiger partial charge >= 0.3 is 0 Å². The van der Waals surface area contributed by atoms with Crippen molar-refractivity contribution < 1.29 is 0 Å². The zero-order valence-electron chi connectivity index (χ0n) is 11.3. The Labute approximate surface area is 123 Å². The van der Waals surface area contributed by atoms with Crippen LogP contribution >= 0.6 is 11.8 Å². The van der Waals surface area contributed by atoms with Gasteiger partial charge in [-0.3, -0.25) is 0 Å². The summed E-state index contributed by atoms with van der Waals surface area (Å²) >= 11 is 1.78. The van der Waals surface area contributed by atoms with Gasteiger partial charge in [0.25, 0.3) is 0 Å². The van der Waals surface area contributed by atoms with Gasteiger partial charge in [-0.1, -0.05) is 72.4 Å². The summed E-state index contributed by atoms with van der Waals surface area (Å²) in [7, 11) is 0. The Morgan fingerprint density at radius 3 is 2.30 bits per heavy atom. The standard InChI is InChI=1S/C17H16N2S/c1-2-9-16-19(15-12-7-4-8-13-15)18-17(20-16)14-10-5-3-6-11-14/h2-13,16H,1H3/b9-2+. The van der Waals surface area contributed by atoms with Crippen LogP contribution in [0.4, 0.5) is 5.69 Å². The Bertz CT molecular complexity index is 620. The molecule has 0 amide bonds. The highest BCUT2D eigenvalue weighted by Crippen LogP contribution is 2.34. The van der Waals surface area contributed by atoms with Crippen LogP contribution < -0.4 is 5.01 Å². The molecule has 0 aliphatic carbocycles. The number of hydrogen-bond donors (Lipinski definition) is 0. The van der Waals surface area contributed by atoms with Crippen LogP contribution in [-0.4, -0.2) is 10.4 Å². The number of benzene rings is 2. The van der Waals surface area contributed by atoms with E-state index in [4.69, 9.17) is 5.10 Å². The van der Waals surface area contributed by atoms with Gasteiger partial charge in [-0.05, 0) is 19.1 Å². The van der Waals surface area contributed by atoms with Gasteiger partial charge in [0, 0.05) is 5.56 Å². The van der Waals surface area contributed by atoms with Crippen molar-refractivity contribution in [3.05, 3.63) is 78.4 Å². The average molecular weight is 280 g/mol. The zero-order chi connectivity index (χ0) is 13.8. The summed E-state index contributed by atoms with van der Waals surface area (Å²) in [6, 6.07) is 20.6. The number of nitrogens with zero attached hydrogens (tertiary/aromatic N) is 2. The van der Waals surface area contributed by atoms with Crippen LogP contribution in [0.1, 0.15) is 12.5 Å². The molecule has 1 unspecified atom stereocenters. The first kappa shape index (κ1) is 13.0. The minimum absolute atomic E-state index is 0.220. The third kappa shape index (κ3) is 2.63. The van der Waals surface area contributed by atoms with Crippen molar-refractivity contribution in [2.45, 2.75) is 12.3 Å². The molecule has 1 aliphatic rings. The Morgan fingerprint density at radius 2 is 1.65 bits per heavy atom. The third-order valence-electron chi connectivity index (χ3n) is 3.07. The molecule has 0 fully saturated rings. The molecule has 2 aromatic rings. The quantitative estimate of drug-likeness (QED) is 0.769. The first-order chi connectivity index (χ1) is 9.88. The molecule has 3 rings (SSSR count). The lowest BCUT2D eigenvalue weighted by molar-refractivity contribution is 0.916. The maximum absolute atomic E-state index is 4.79. The molecule has 0 aromatic heterocycles. The van der Waals surface area contributed by atoms with Crippen LogP contribution in [0.3, 0.4) is 0 Å². The molecule has 3 heteroatoms. The van der Waals surface area contributed by atoms with Crippen LogP contribution in [0.15, 0.2) is 77.9 Å². The second kappa shape index (κ2) is 5.97. The lowest BCUT2D eigenvalue weighted by Crippen LogP contribution is -2.21. The first-order valence-corrected chi connectivity index (χ1v) is 7.54. The molecule has 2 aromatic carbocycles. The van der Waals surface area contributed by atoms with Crippen molar-refractivity contribution in [3.8, 4) is 0 Å². The van der Waals surface area contributed by atoms with Gasteiger partial charge in [-0.25, -0.2) is 5.01 Å². The van der Waals surface area contributed by atoms with Crippen LogP contribution in [0.25, 0.3) is 0 Å². The van der Waals surface area contributed by atoms with Crippen LogP contribution in [-0.2, 0) is 0 Å². The fraction of sp³-hybridized carbons (Fsp3) is 0.118. The molecule has 2 nitrogen and oxygen atoms in total. The molecule has 0 saturated carbocycles. The van der Waals surface area contributed by atoms with E-state index in [2.05, 4.69) is 41.4 Å². The average Bonchev–Trinajstić information content (AvgIpc) is 2.94. The maximum atomic E-state index is 4.79. The molecular formula is C17H16N2S. The van der Waals surface area contributed by atoms with Crippen LogP contribution in [0.5, 0.6) is 0 Å². The van der Waals surface area contributed by atoms with E-state index in [1.54, 1.807) is 11.8 Å². The molecule has 0 radical (unpaired) electrons. The summed E-state index contributed by atoms with van der Waals surface area (Å²) < 4.78 is 0. The van der Waals surface area contributed by atoms with E-state index in [9.17, 15) is 0 Å². The molecule has 1 heterocycles. The van der Waals surface area contributed by atoms with E-state index in [0.717, 1.165) is 10.7 Å². The van der Waals surface area contributed by atoms with E-state index in [-0.39, 0.29) is 5.37 Å². The van der Waals surface area contributed by atoms with Gasteiger partial charge in [0.1, 0.15) is 10.4 Å². The van der Waals surface area contributed by atoms with Gasteiger partial charge in [-0.15, -0.1) is 0 Å². The number of anilines is 1. The Morgan fingerprint density at radius 1 is 1.00 bits per heavy atom. The smallest absolute Gasteiger partial charge is 0.126 e. The minimum atomic E-state index is 0.220. The van der Waals surface area contributed by atoms with Gasteiger partial charge in [0.15, 0.2) is 0 Å². The Hall–Kier alpha value is -2.00. The molecular weight excluding hydrogens is 264 g/mol. The van der Waals surface area contributed by atoms with E-state index in [1.807, 2.05) is 43.3 Å². The number of allylic oxidation sites excluding steroid dienone is 1.